The topological polar surface area (TPSA) is 72.2 Å². The number of carbonyl (C=O) groups excluding carboxylic acids is 1. The quantitative estimate of drug-likeness (QED) is 0.624. The summed E-state index contributed by atoms with van der Waals surface area (Å²) in [7, 11) is 0. The van der Waals surface area contributed by atoms with Crippen molar-refractivity contribution in [3.05, 3.63) is 21.6 Å². The molecule has 0 radical (unpaired) electrons. The fourth-order valence-electron chi connectivity index (χ4n) is 0.805. The van der Waals surface area contributed by atoms with Gasteiger partial charge < -0.3 is 5.32 Å². The highest BCUT2D eigenvalue weighted by atomic mass is 32.1. The van der Waals surface area contributed by atoms with Crippen LogP contribution in [-0.4, -0.2) is 10.8 Å². The number of hydrogen-bond acceptors (Lipinski definition) is 4. The van der Waals surface area contributed by atoms with Crippen LogP contribution in [-0.2, 0) is 4.79 Å². The van der Waals surface area contributed by atoms with Gasteiger partial charge in [-0.25, -0.2) is 0 Å². The van der Waals surface area contributed by atoms with Crippen LogP contribution in [0.3, 0.4) is 0 Å². The molecule has 0 spiro atoms. The molecular weight excluding hydrogens is 216 g/mol. The fourth-order valence-corrected chi connectivity index (χ4v) is 1.46. The third kappa shape index (κ3) is 3.02. The second-order valence-corrected chi connectivity index (χ2v) is 5.02. The Balaban J connectivity index is 2.74. The van der Waals surface area contributed by atoms with Gasteiger partial charge in [-0.1, -0.05) is 32.1 Å². The van der Waals surface area contributed by atoms with Gasteiger partial charge in [-0.2, -0.15) is 0 Å². The van der Waals surface area contributed by atoms with E-state index in [1.54, 1.807) is 26.2 Å². The second kappa shape index (κ2) is 3.98. The molecule has 1 aromatic heterocycles. The Labute approximate surface area is 91.3 Å². The molecule has 15 heavy (non-hydrogen) atoms. The highest BCUT2D eigenvalue weighted by molar-refractivity contribution is 7.13. The largest absolute Gasteiger partial charge is 0.326 e. The van der Waals surface area contributed by atoms with Crippen molar-refractivity contribution in [2.24, 2.45) is 5.41 Å². The molecule has 0 saturated carbocycles. The van der Waals surface area contributed by atoms with E-state index >= 15 is 0 Å². The van der Waals surface area contributed by atoms with E-state index in [1.807, 2.05) is 0 Å². The number of rotatable bonds is 2. The van der Waals surface area contributed by atoms with Gasteiger partial charge in [0, 0.05) is 10.8 Å². The Hall–Kier alpha value is -1.43. The molecule has 0 aliphatic carbocycles. The molecule has 1 rings (SSSR count). The first kappa shape index (κ1) is 11.6. The minimum Gasteiger partial charge on any atom is -0.325 e. The normalized spacial score (nSPS) is 11.1. The van der Waals surface area contributed by atoms with E-state index in [1.165, 1.54) is 6.07 Å². The van der Waals surface area contributed by atoms with Crippen LogP contribution in [0.25, 0.3) is 0 Å². The van der Waals surface area contributed by atoms with Gasteiger partial charge in [0.1, 0.15) is 0 Å². The summed E-state index contributed by atoms with van der Waals surface area (Å²) < 4.78 is 0. The molecule has 0 fully saturated rings. The number of nitrogens with one attached hydrogen (secondary N) is 1. The smallest absolute Gasteiger partial charge is 0.325 e. The van der Waals surface area contributed by atoms with Crippen LogP contribution in [0.15, 0.2) is 11.4 Å². The predicted octanol–water partition coefficient (Wildman–Crippen LogP) is 2.64. The molecule has 5 nitrogen and oxygen atoms in total. The molecule has 6 heteroatoms. The number of nitrogens with zero attached hydrogens (tertiary/aromatic N) is 1. The lowest BCUT2D eigenvalue weighted by Crippen LogP contribution is -2.27. The SMILES string of the molecule is CC(C)(C)C(=O)Nc1csc([N+](=O)[O-])c1. The third-order valence-corrected chi connectivity index (χ3v) is 2.58. The van der Waals surface area contributed by atoms with Crippen molar-refractivity contribution < 1.29 is 9.72 Å². The first-order chi connectivity index (χ1) is 6.80. The molecule has 0 aliphatic rings. The van der Waals surface area contributed by atoms with Crippen LogP contribution in [0.5, 0.6) is 0 Å². The number of carbonyl (C=O) groups is 1. The Bertz CT molecular complexity index is 392. The van der Waals surface area contributed by atoms with E-state index in [9.17, 15) is 14.9 Å². The average Bonchev–Trinajstić information content (AvgIpc) is 2.50. The van der Waals surface area contributed by atoms with Crippen LogP contribution < -0.4 is 5.32 Å². The van der Waals surface area contributed by atoms with Gasteiger partial charge in [-0.3, -0.25) is 14.9 Å². The summed E-state index contributed by atoms with van der Waals surface area (Å²) in [4.78, 5) is 21.5. The molecule has 0 bridgehead atoms. The number of hydrogen-bond donors (Lipinski definition) is 1. The maximum atomic E-state index is 11.5. The van der Waals surface area contributed by atoms with Crippen molar-refractivity contribution in [2.75, 3.05) is 5.32 Å². The van der Waals surface area contributed by atoms with Crippen LogP contribution in [0.4, 0.5) is 10.7 Å². The first-order valence-corrected chi connectivity index (χ1v) is 5.23. The van der Waals surface area contributed by atoms with Crippen LogP contribution >= 0.6 is 11.3 Å². The van der Waals surface area contributed by atoms with Gasteiger partial charge in [0.05, 0.1) is 16.7 Å². The Kier molecular flexibility index (Phi) is 3.09. The summed E-state index contributed by atoms with van der Waals surface area (Å²) in [5.41, 5.74) is -0.0249. The molecule has 1 amide bonds. The first-order valence-electron chi connectivity index (χ1n) is 4.35. The summed E-state index contributed by atoms with van der Waals surface area (Å²) in [6.45, 7) is 5.34. The zero-order valence-corrected chi connectivity index (χ0v) is 9.55. The van der Waals surface area contributed by atoms with Crippen molar-refractivity contribution >= 4 is 27.9 Å². The highest BCUT2D eigenvalue weighted by Gasteiger charge is 2.22. The molecule has 1 aromatic rings. The highest BCUT2D eigenvalue weighted by Crippen LogP contribution is 2.27. The summed E-state index contributed by atoms with van der Waals surface area (Å²) in [5.74, 6) is -0.157. The average molecular weight is 228 g/mol. The Morgan fingerprint density at radius 2 is 2.13 bits per heavy atom. The molecule has 0 aliphatic heterocycles. The van der Waals surface area contributed by atoms with Gasteiger partial charge in [0.15, 0.2) is 0 Å². The molecule has 0 unspecified atom stereocenters. The maximum Gasteiger partial charge on any atom is 0.326 e. The third-order valence-electron chi connectivity index (χ3n) is 1.70. The van der Waals surface area contributed by atoms with Crippen LogP contribution in [0, 0.1) is 15.5 Å². The zero-order valence-electron chi connectivity index (χ0n) is 8.73. The second-order valence-electron chi connectivity index (χ2n) is 4.13. The minimum absolute atomic E-state index is 0.0270. The molecule has 0 saturated heterocycles. The molecule has 0 atom stereocenters. The van der Waals surface area contributed by atoms with E-state index in [2.05, 4.69) is 5.32 Å². The molecule has 1 heterocycles. The van der Waals surface area contributed by atoms with E-state index in [0.29, 0.717) is 5.69 Å². The number of nitro groups is 1. The molecule has 1 N–H and O–H groups in total. The molecular formula is C9H12N2O3S. The van der Waals surface area contributed by atoms with Gasteiger partial charge in [-0.05, 0) is 0 Å². The summed E-state index contributed by atoms with van der Waals surface area (Å²) in [5, 5.41) is 14.6. The van der Waals surface area contributed by atoms with E-state index < -0.39 is 10.3 Å². The number of thiophene rings is 1. The lowest BCUT2D eigenvalue weighted by Gasteiger charge is -2.16. The van der Waals surface area contributed by atoms with E-state index in [-0.39, 0.29) is 10.9 Å². The summed E-state index contributed by atoms with van der Waals surface area (Å²) >= 11 is 0.996. The molecule has 82 valence electrons. The van der Waals surface area contributed by atoms with Gasteiger partial charge in [0.25, 0.3) is 0 Å². The zero-order chi connectivity index (χ0) is 11.6. The molecule has 0 aromatic carbocycles. The van der Waals surface area contributed by atoms with Gasteiger partial charge >= 0.3 is 5.00 Å². The van der Waals surface area contributed by atoms with Crippen molar-refractivity contribution in [1.82, 2.24) is 0 Å². The van der Waals surface area contributed by atoms with Crippen molar-refractivity contribution in [2.45, 2.75) is 20.8 Å². The lowest BCUT2D eigenvalue weighted by molar-refractivity contribution is -0.380. The van der Waals surface area contributed by atoms with Crippen molar-refractivity contribution in [1.29, 1.82) is 0 Å². The van der Waals surface area contributed by atoms with Crippen molar-refractivity contribution in [3.63, 3.8) is 0 Å². The Morgan fingerprint density at radius 3 is 2.53 bits per heavy atom. The predicted molar refractivity (Wildman–Crippen MR) is 59.1 cm³/mol. The van der Waals surface area contributed by atoms with Crippen LogP contribution in [0.1, 0.15) is 20.8 Å². The standard InChI is InChI=1S/C9H12N2O3S/c1-9(2,3)8(12)10-6-4-7(11(13)14)15-5-6/h4-5H,1-3H3,(H,10,12). The number of amides is 1. The monoisotopic (exact) mass is 228 g/mol. The fraction of sp³-hybridized carbons (Fsp3) is 0.444. The van der Waals surface area contributed by atoms with Gasteiger partial charge in [-0.15, -0.1) is 0 Å². The van der Waals surface area contributed by atoms with Gasteiger partial charge in [0.2, 0.25) is 5.91 Å². The number of anilines is 1. The summed E-state index contributed by atoms with van der Waals surface area (Å²) in [6, 6.07) is 1.36. The minimum atomic E-state index is -0.503. The Morgan fingerprint density at radius 1 is 1.53 bits per heavy atom. The van der Waals surface area contributed by atoms with Crippen molar-refractivity contribution in [3.8, 4) is 0 Å². The summed E-state index contributed by atoms with van der Waals surface area (Å²) in [6.07, 6.45) is 0. The van der Waals surface area contributed by atoms with Crippen LogP contribution in [0.2, 0.25) is 0 Å². The lowest BCUT2D eigenvalue weighted by atomic mass is 9.96. The van der Waals surface area contributed by atoms with E-state index in [0.717, 1.165) is 11.3 Å². The maximum absolute atomic E-state index is 11.5. The van der Waals surface area contributed by atoms with E-state index in [4.69, 9.17) is 0 Å².